The molecule has 0 atom stereocenters. The summed E-state index contributed by atoms with van der Waals surface area (Å²) in [6.45, 7) is 0. The van der Waals surface area contributed by atoms with Crippen LogP contribution >= 0.6 is 0 Å². The van der Waals surface area contributed by atoms with E-state index in [0.29, 0.717) is 28.5 Å². The summed E-state index contributed by atoms with van der Waals surface area (Å²) in [5.41, 5.74) is 2.31. The Balaban J connectivity index is 1.94. The average Bonchev–Trinajstić information content (AvgIpc) is 3.09. The molecule has 2 fully saturated rings. The van der Waals surface area contributed by atoms with E-state index < -0.39 is 5.97 Å². The number of hydrogen-bond donors (Lipinski definition) is 1. The molecule has 0 amide bonds. The summed E-state index contributed by atoms with van der Waals surface area (Å²) in [4.78, 5) is 15.9. The molecule has 98 valence electrons. The molecule has 2 aliphatic carbocycles. The summed E-state index contributed by atoms with van der Waals surface area (Å²) in [5, 5.41) is 14.1. The molecular formula is C14H14N2O3. The van der Waals surface area contributed by atoms with Gasteiger partial charge in [0.1, 0.15) is 0 Å². The molecule has 1 N–H and O–H groups in total. The van der Waals surface area contributed by atoms with Gasteiger partial charge in [0, 0.05) is 17.5 Å². The third kappa shape index (κ3) is 1.64. The Morgan fingerprint density at radius 2 is 2.05 bits per heavy atom. The van der Waals surface area contributed by atoms with Crippen LogP contribution in [0.1, 0.15) is 65.7 Å². The van der Waals surface area contributed by atoms with Crippen LogP contribution in [0.4, 0.5) is 0 Å². The molecule has 19 heavy (non-hydrogen) atoms. The van der Waals surface area contributed by atoms with Crippen molar-refractivity contribution in [3.63, 3.8) is 0 Å². The average molecular weight is 258 g/mol. The molecule has 0 spiro atoms. The lowest BCUT2D eigenvalue weighted by Gasteiger charge is -2.23. The number of carbonyl (C=O) groups is 1. The van der Waals surface area contributed by atoms with E-state index in [-0.39, 0.29) is 0 Å². The lowest BCUT2D eigenvalue weighted by atomic mass is 9.81. The number of rotatable bonds is 3. The molecule has 0 bridgehead atoms. The monoisotopic (exact) mass is 258 g/mol. The zero-order chi connectivity index (χ0) is 13.0. The van der Waals surface area contributed by atoms with Gasteiger partial charge in [-0.15, -0.1) is 0 Å². The fraction of sp³-hybridized carbons (Fsp3) is 0.500. The Hall–Kier alpha value is -1.91. The van der Waals surface area contributed by atoms with E-state index in [0.717, 1.165) is 37.1 Å². The second-order valence-electron chi connectivity index (χ2n) is 5.55. The minimum atomic E-state index is -0.918. The first-order valence-electron chi connectivity index (χ1n) is 6.77. The van der Waals surface area contributed by atoms with Gasteiger partial charge in [0.2, 0.25) is 0 Å². The molecule has 0 aliphatic heterocycles. The van der Waals surface area contributed by atoms with Gasteiger partial charge in [-0.2, -0.15) is 0 Å². The highest BCUT2D eigenvalue weighted by Crippen LogP contribution is 2.43. The van der Waals surface area contributed by atoms with E-state index in [2.05, 4.69) is 10.1 Å². The van der Waals surface area contributed by atoms with Crippen molar-refractivity contribution in [3.05, 3.63) is 23.0 Å². The third-order valence-electron chi connectivity index (χ3n) is 4.21. The number of carboxylic acid groups (broad SMARTS) is 1. The summed E-state index contributed by atoms with van der Waals surface area (Å²) in [7, 11) is 0. The van der Waals surface area contributed by atoms with Crippen molar-refractivity contribution >= 4 is 17.1 Å². The van der Waals surface area contributed by atoms with Crippen molar-refractivity contribution < 1.29 is 14.4 Å². The minimum absolute atomic E-state index is 0.301. The van der Waals surface area contributed by atoms with Crippen LogP contribution in [-0.4, -0.2) is 21.2 Å². The summed E-state index contributed by atoms with van der Waals surface area (Å²) >= 11 is 0. The van der Waals surface area contributed by atoms with Crippen molar-refractivity contribution in [1.82, 2.24) is 10.1 Å². The summed E-state index contributed by atoms with van der Waals surface area (Å²) in [6.07, 6.45) is 5.47. The van der Waals surface area contributed by atoms with E-state index in [9.17, 15) is 9.90 Å². The van der Waals surface area contributed by atoms with E-state index >= 15 is 0 Å². The summed E-state index contributed by atoms with van der Waals surface area (Å²) < 4.78 is 5.29. The maximum absolute atomic E-state index is 11.5. The van der Waals surface area contributed by atoms with Crippen LogP contribution in [0.2, 0.25) is 0 Å². The van der Waals surface area contributed by atoms with Crippen molar-refractivity contribution in [2.45, 2.75) is 43.9 Å². The van der Waals surface area contributed by atoms with Gasteiger partial charge >= 0.3 is 5.97 Å². The number of hydrogen-bond acceptors (Lipinski definition) is 4. The quantitative estimate of drug-likeness (QED) is 0.915. The van der Waals surface area contributed by atoms with Crippen LogP contribution in [0.25, 0.3) is 11.1 Å². The molecule has 5 nitrogen and oxygen atoms in total. The number of carboxylic acids is 1. The molecule has 2 heterocycles. The third-order valence-corrected chi connectivity index (χ3v) is 4.21. The Labute approximate surface area is 109 Å². The Kier molecular flexibility index (Phi) is 2.19. The van der Waals surface area contributed by atoms with Gasteiger partial charge in [-0.05, 0) is 31.7 Å². The SMILES string of the molecule is O=C(O)c1cc(C2CC2)nc2onc(C3CCC3)c12. The summed E-state index contributed by atoms with van der Waals surface area (Å²) in [5.74, 6) is -0.175. The number of pyridine rings is 1. The first kappa shape index (κ1) is 11.0. The molecule has 2 saturated carbocycles. The zero-order valence-corrected chi connectivity index (χ0v) is 10.4. The molecule has 4 rings (SSSR count). The van der Waals surface area contributed by atoms with Crippen LogP contribution in [0.15, 0.2) is 10.6 Å². The summed E-state index contributed by atoms with van der Waals surface area (Å²) in [6, 6.07) is 1.71. The molecule has 5 heteroatoms. The van der Waals surface area contributed by atoms with Crippen molar-refractivity contribution in [3.8, 4) is 0 Å². The molecule has 2 aliphatic rings. The molecule has 0 saturated heterocycles. The number of aromatic nitrogens is 2. The Morgan fingerprint density at radius 3 is 2.63 bits per heavy atom. The van der Waals surface area contributed by atoms with Gasteiger partial charge in [0.05, 0.1) is 16.6 Å². The highest BCUT2D eigenvalue weighted by molar-refractivity contribution is 6.02. The number of aromatic carboxylic acids is 1. The van der Waals surface area contributed by atoms with Gasteiger partial charge in [-0.25, -0.2) is 9.78 Å². The second-order valence-corrected chi connectivity index (χ2v) is 5.55. The van der Waals surface area contributed by atoms with Crippen LogP contribution in [0.3, 0.4) is 0 Å². The van der Waals surface area contributed by atoms with Crippen LogP contribution in [0.5, 0.6) is 0 Å². The number of fused-ring (bicyclic) bond motifs is 1. The molecule has 2 aromatic rings. The first-order valence-corrected chi connectivity index (χ1v) is 6.77. The fourth-order valence-corrected chi connectivity index (χ4v) is 2.71. The standard InChI is InChI=1S/C14H14N2O3/c17-14(18)9-6-10(7-4-5-7)15-13-11(9)12(16-19-13)8-2-1-3-8/h6-8H,1-5H2,(H,17,18). The van der Waals surface area contributed by atoms with Crippen LogP contribution < -0.4 is 0 Å². The number of nitrogens with zero attached hydrogens (tertiary/aromatic N) is 2. The maximum Gasteiger partial charge on any atom is 0.336 e. The normalized spacial score (nSPS) is 19.6. The minimum Gasteiger partial charge on any atom is -0.478 e. The predicted molar refractivity (Wildman–Crippen MR) is 67.3 cm³/mol. The lowest BCUT2D eigenvalue weighted by Crippen LogP contribution is -2.11. The topological polar surface area (TPSA) is 76.2 Å². The van der Waals surface area contributed by atoms with Gasteiger partial charge < -0.3 is 9.63 Å². The van der Waals surface area contributed by atoms with Gasteiger partial charge in [0.25, 0.3) is 5.71 Å². The molecular weight excluding hydrogens is 244 g/mol. The molecule has 0 unspecified atom stereocenters. The van der Waals surface area contributed by atoms with Gasteiger partial charge in [-0.1, -0.05) is 11.6 Å². The fourth-order valence-electron chi connectivity index (χ4n) is 2.71. The Morgan fingerprint density at radius 1 is 1.26 bits per heavy atom. The molecule has 0 radical (unpaired) electrons. The van der Waals surface area contributed by atoms with Crippen molar-refractivity contribution in [1.29, 1.82) is 0 Å². The van der Waals surface area contributed by atoms with E-state index in [1.807, 2.05) is 0 Å². The zero-order valence-electron chi connectivity index (χ0n) is 10.4. The van der Waals surface area contributed by atoms with Crippen molar-refractivity contribution in [2.75, 3.05) is 0 Å². The lowest BCUT2D eigenvalue weighted by molar-refractivity contribution is 0.0698. The van der Waals surface area contributed by atoms with E-state index in [1.54, 1.807) is 6.07 Å². The first-order chi connectivity index (χ1) is 9.24. The second kappa shape index (κ2) is 3.79. The predicted octanol–water partition coefficient (Wildman–Crippen LogP) is 3.07. The van der Waals surface area contributed by atoms with E-state index in [1.165, 1.54) is 6.42 Å². The molecule has 2 aromatic heterocycles. The highest BCUT2D eigenvalue weighted by Gasteiger charge is 2.32. The molecule has 0 aromatic carbocycles. The smallest absolute Gasteiger partial charge is 0.336 e. The highest BCUT2D eigenvalue weighted by atomic mass is 16.5. The van der Waals surface area contributed by atoms with Crippen LogP contribution in [-0.2, 0) is 0 Å². The van der Waals surface area contributed by atoms with Gasteiger partial charge in [0.15, 0.2) is 0 Å². The van der Waals surface area contributed by atoms with Crippen molar-refractivity contribution in [2.24, 2.45) is 0 Å². The van der Waals surface area contributed by atoms with E-state index in [4.69, 9.17) is 4.52 Å². The largest absolute Gasteiger partial charge is 0.478 e. The maximum atomic E-state index is 11.5. The van der Waals surface area contributed by atoms with Gasteiger partial charge in [-0.3, -0.25) is 0 Å². The Bertz CT molecular complexity index is 669. The van der Waals surface area contributed by atoms with Crippen LogP contribution in [0, 0.1) is 0 Å².